The van der Waals surface area contributed by atoms with Gasteiger partial charge in [-0.1, -0.05) is 72.8 Å². The fraction of sp³-hybridized carbons (Fsp3) is 0.0444. The summed E-state index contributed by atoms with van der Waals surface area (Å²) in [5.41, 5.74) is 9.60. The van der Waals surface area contributed by atoms with Crippen molar-refractivity contribution < 1.29 is 4.74 Å². The van der Waals surface area contributed by atoms with Crippen LogP contribution in [0.3, 0.4) is 0 Å². The zero-order valence-electron chi connectivity index (χ0n) is 28.4. The first kappa shape index (κ1) is 28.8. The summed E-state index contributed by atoms with van der Waals surface area (Å²) in [5, 5.41) is 4.83. The zero-order valence-corrected chi connectivity index (χ0v) is 28.4. The van der Waals surface area contributed by atoms with Gasteiger partial charge in [-0.15, -0.1) is 0 Å². The van der Waals surface area contributed by atoms with Crippen LogP contribution < -0.4 is 14.5 Å². The van der Waals surface area contributed by atoms with Crippen molar-refractivity contribution >= 4 is 72.3 Å². The average molecular weight is 673 g/mol. The number of pyridine rings is 1. The van der Waals surface area contributed by atoms with E-state index in [4.69, 9.17) is 9.72 Å². The van der Waals surface area contributed by atoms with E-state index in [1.165, 1.54) is 27.2 Å². The Labute approximate surface area is 300 Å². The maximum absolute atomic E-state index is 6.56. The number of nitrogens with zero attached hydrogens (tertiary/aromatic N) is 6. The van der Waals surface area contributed by atoms with E-state index in [2.05, 4.69) is 171 Å². The number of aromatic nitrogens is 3. The lowest BCUT2D eigenvalue weighted by atomic mass is 10.1. The fourth-order valence-corrected chi connectivity index (χ4v) is 8.16. The summed E-state index contributed by atoms with van der Waals surface area (Å²) in [4.78, 5) is 11.8. The number of fused-ring (bicyclic) bond motifs is 8. The molecule has 248 valence electrons. The van der Waals surface area contributed by atoms with Gasteiger partial charge in [-0.05, 0) is 78.9 Å². The summed E-state index contributed by atoms with van der Waals surface area (Å²) in [5.74, 6) is 2.76. The molecule has 0 N–H and O–H groups in total. The second-order valence-corrected chi connectivity index (χ2v) is 13.5. The third kappa shape index (κ3) is 4.16. The molecule has 0 bridgehead atoms. The first-order valence-corrected chi connectivity index (χ1v) is 17.6. The molecule has 0 spiro atoms. The quantitative estimate of drug-likeness (QED) is 0.186. The lowest BCUT2D eigenvalue weighted by Crippen LogP contribution is -2.24. The van der Waals surface area contributed by atoms with E-state index in [1.807, 2.05) is 24.4 Å². The van der Waals surface area contributed by atoms with Gasteiger partial charge in [0.15, 0.2) is 11.5 Å². The van der Waals surface area contributed by atoms with E-state index in [1.54, 1.807) is 0 Å². The maximum Gasteiger partial charge on any atom is 0.151 e. The van der Waals surface area contributed by atoms with Gasteiger partial charge in [-0.2, -0.15) is 0 Å². The van der Waals surface area contributed by atoms with Gasteiger partial charge in [-0.3, -0.25) is 9.13 Å². The highest BCUT2D eigenvalue weighted by Crippen LogP contribution is 2.52. The predicted octanol–water partition coefficient (Wildman–Crippen LogP) is 11.0. The molecule has 3 aromatic heterocycles. The van der Waals surface area contributed by atoms with Crippen LogP contribution in [-0.2, 0) is 0 Å². The highest BCUT2D eigenvalue weighted by atomic mass is 16.5. The number of benzene rings is 6. The van der Waals surface area contributed by atoms with E-state index in [-0.39, 0.29) is 0 Å². The molecule has 0 atom stereocenters. The molecule has 11 rings (SSSR count). The van der Waals surface area contributed by atoms with E-state index in [0.717, 1.165) is 62.3 Å². The molecule has 52 heavy (non-hydrogen) atoms. The van der Waals surface area contributed by atoms with Crippen molar-refractivity contribution in [1.29, 1.82) is 0 Å². The average Bonchev–Trinajstić information content (AvgIpc) is 3.86. The molecule has 0 saturated carbocycles. The summed E-state index contributed by atoms with van der Waals surface area (Å²) in [6.45, 7) is 0.711. The Balaban J connectivity index is 1.05. The second kappa shape index (κ2) is 11.0. The molecule has 6 aromatic carbocycles. The van der Waals surface area contributed by atoms with Crippen LogP contribution in [0.4, 0.5) is 22.7 Å². The van der Waals surface area contributed by atoms with Crippen LogP contribution >= 0.6 is 0 Å². The molecule has 5 heterocycles. The topological polar surface area (TPSA) is 41.7 Å². The minimum absolute atomic E-state index is 0.711. The van der Waals surface area contributed by atoms with Crippen molar-refractivity contribution in [3.8, 4) is 17.2 Å². The first-order valence-electron chi connectivity index (χ1n) is 17.6. The minimum Gasteiger partial charge on any atom is -0.453 e. The number of para-hydroxylation sites is 5. The third-order valence-electron chi connectivity index (χ3n) is 10.5. The van der Waals surface area contributed by atoms with Crippen LogP contribution in [0.5, 0.6) is 11.5 Å². The Hall–Kier alpha value is -6.99. The number of anilines is 4. The highest BCUT2D eigenvalue weighted by Gasteiger charge is 2.29. The Morgan fingerprint density at radius 1 is 0.519 bits per heavy atom. The van der Waals surface area contributed by atoms with Crippen LogP contribution in [0, 0.1) is 0 Å². The summed E-state index contributed by atoms with van der Waals surface area (Å²) < 4.78 is 11.2. The summed E-state index contributed by atoms with van der Waals surface area (Å²) in [6.07, 6.45) is 4.13. The number of hydrogen-bond acceptors (Lipinski definition) is 5. The van der Waals surface area contributed by atoms with Gasteiger partial charge < -0.3 is 19.4 Å². The Kier molecular flexibility index (Phi) is 6.10. The molecular formula is C45H32N6O. The van der Waals surface area contributed by atoms with Crippen LogP contribution in [0.1, 0.15) is 0 Å². The molecule has 2 aliphatic rings. The third-order valence-corrected chi connectivity index (χ3v) is 10.5. The van der Waals surface area contributed by atoms with Gasteiger partial charge in [0.2, 0.25) is 0 Å². The molecule has 9 aromatic rings. The van der Waals surface area contributed by atoms with Gasteiger partial charge in [0.05, 0.1) is 34.6 Å². The van der Waals surface area contributed by atoms with Gasteiger partial charge in [-0.25, -0.2) is 4.98 Å². The molecule has 0 saturated heterocycles. The molecule has 0 aliphatic carbocycles. The molecule has 0 fully saturated rings. The van der Waals surface area contributed by atoms with Crippen molar-refractivity contribution in [3.05, 3.63) is 164 Å². The molecular weight excluding hydrogens is 641 g/mol. The summed E-state index contributed by atoms with van der Waals surface area (Å²) in [7, 11) is 2.16. The van der Waals surface area contributed by atoms with Gasteiger partial charge >= 0.3 is 0 Å². The monoisotopic (exact) mass is 672 g/mol. The van der Waals surface area contributed by atoms with Crippen LogP contribution in [-0.4, -0.2) is 32.7 Å². The van der Waals surface area contributed by atoms with Crippen LogP contribution in [0.25, 0.3) is 55.3 Å². The standard InChI is InChI=1S/C45H32N6O/c1-47-29-48(28-44(47)51-38-19-6-2-14-33(38)34-15-3-7-20-39(34)51)30-23-24-43-41(27-30)49(40-21-8-9-22-42(40)52-43)31-12-10-13-32(26-31)50-37-18-5-4-16-35(37)36-17-11-25-46-45(36)50/h2-28H,29H2,1H3. The van der Waals surface area contributed by atoms with Gasteiger partial charge in [0.25, 0.3) is 0 Å². The van der Waals surface area contributed by atoms with Crippen LogP contribution in [0.15, 0.2) is 164 Å². The summed E-state index contributed by atoms with van der Waals surface area (Å²) in [6, 6.07) is 53.5. The van der Waals surface area contributed by atoms with E-state index >= 15 is 0 Å². The van der Waals surface area contributed by atoms with Gasteiger partial charge in [0, 0.05) is 58.1 Å². The highest BCUT2D eigenvalue weighted by molar-refractivity contribution is 6.10. The fourth-order valence-electron chi connectivity index (χ4n) is 8.16. The molecule has 0 amide bonds. The molecule has 0 radical (unpaired) electrons. The van der Waals surface area contributed by atoms with Crippen molar-refractivity contribution in [2.45, 2.75) is 0 Å². The molecule has 7 nitrogen and oxygen atoms in total. The van der Waals surface area contributed by atoms with E-state index in [0.29, 0.717) is 6.67 Å². The number of ether oxygens (including phenoxy) is 1. The van der Waals surface area contributed by atoms with Gasteiger partial charge in [0.1, 0.15) is 11.5 Å². The second-order valence-electron chi connectivity index (χ2n) is 13.5. The summed E-state index contributed by atoms with van der Waals surface area (Å²) >= 11 is 0. The zero-order chi connectivity index (χ0) is 34.3. The van der Waals surface area contributed by atoms with E-state index in [9.17, 15) is 0 Å². The maximum atomic E-state index is 6.56. The Morgan fingerprint density at radius 2 is 1.15 bits per heavy atom. The predicted molar refractivity (Wildman–Crippen MR) is 212 cm³/mol. The van der Waals surface area contributed by atoms with Crippen molar-refractivity contribution in [3.63, 3.8) is 0 Å². The Morgan fingerprint density at radius 3 is 1.94 bits per heavy atom. The molecule has 2 aliphatic heterocycles. The number of rotatable bonds is 4. The largest absolute Gasteiger partial charge is 0.453 e. The van der Waals surface area contributed by atoms with Crippen molar-refractivity contribution in [2.75, 3.05) is 23.5 Å². The van der Waals surface area contributed by atoms with Crippen molar-refractivity contribution in [1.82, 2.24) is 19.0 Å². The van der Waals surface area contributed by atoms with E-state index < -0.39 is 0 Å². The lowest BCUT2D eigenvalue weighted by Gasteiger charge is -2.34. The SMILES string of the molecule is CN1CN(c2ccc3c(c2)N(c2cccc(-n4c5ccccc5c5cccnc54)c2)c2ccccc2O3)C=C1n1c2ccccc2c2ccccc21. The lowest BCUT2D eigenvalue weighted by molar-refractivity contribution is 0.476. The smallest absolute Gasteiger partial charge is 0.151 e. The number of hydrogen-bond donors (Lipinski definition) is 0. The molecule has 7 heteroatoms. The molecule has 0 unspecified atom stereocenters. The van der Waals surface area contributed by atoms with Crippen molar-refractivity contribution in [2.24, 2.45) is 0 Å². The van der Waals surface area contributed by atoms with Crippen LogP contribution in [0.2, 0.25) is 0 Å². The Bertz CT molecular complexity index is 2810. The normalized spacial score (nSPS) is 13.9. The minimum atomic E-state index is 0.711. The first-order chi connectivity index (χ1) is 25.7.